The third kappa shape index (κ3) is 3.61. The molecule has 0 aliphatic rings. The van der Waals surface area contributed by atoms with E-state index in [0.717, 1.165) is 12.3 Å². The molecule has 0 radical (unpaired) electrons. The maximum Gasteiger partial charge on any atom is 0.275 e. The number of aromatic nitrogens is 2. The van der Waals surface area contributed by atoms with Gasteiger partial charge in [-0.1, -0.05) is 36.4 Å². The Hall–Kier alpha value is -3.19. The first-order valence-corrected chi connectivity index (χ1v) is 9.44. The Morgan fingerprint density at radius 1 is 1.11 bits per heavy atom. The van der Waals surface area contributed by atoms with Crippen LogP contribution in [0.4, 0.5) is 14.5 Å². The molecule has 4 nitrogen and oxygen atoms in total. The molecule has 2 aromatic carbocycles. The van der Waals surface area contributed by atoms with Gasteiger partial charge in [0.25, 0.3) is 11.8 Å². The minimum atomic E-state index is -2.93. The SMILES string of the molecule is CC(F)(F)c1cccc(-c2ccc3cccc(NC(=O)c4cscn4)c3n2)c1. The van der Waals surface area contributed by atoms with Crippen LogP contribution in [0.2, 0.25) is 0 Å². The van der Waals surface area contributed by atoms with Crippen LogP contribution in [-0.2, 0) is 5.92 Å². The fourth-order valence-electron chi connectivity index (χ4n) is 2.87. The second-order valence-electron chi connectivity index (χ2n) is 6.37. The summed E-state index contributed by atoms with van der Waals surface area (Å²) < 4.78 is 27.3. The predicted octanol–water partition coefficient (Wildman–Crippen LogP) is 5.72. The summed E-state index contributed by atoms with van der Waals surface area (Å²) in [4.78, 5) is 21.0. The number of benzene rings is 2. The van der Waals surface area contributed by atoms with E-state index in [1.807, 2.05) is 18.2 Å². The largest absolute Gasteiger partial charge is 0.319 e. The number of carbonyl (C=O) groups excluding carboxylic acids is 1. The van der Waals surface area contributed by atoms with Gasteiger partial charge in [-0.15, -0.1) is 11.3 Å². The van der Waals surface area contributed by atoms with E-state index >= 15 is 0 Å². The lowest BCUT2D eigenvalue weighted by Gasteiger charge is -2.13. The molecular formula is C21H15F2N3OS. The second kappa shape index (κ2) is 7.09. The van der Waals surface area contributed by atoms with Gasteiger partial charge < -0.3 is 5.32 Å². The molecule has 0 fully saturated rings. The average molecular weight is 395 g/mol. The molecule has 0 spiro atoms. The van der Waals surface area contributed by atoms with Crippen molar-refractivity contribution in [3.8, 4) is 11.3 Å². The molecule has 0 atom stereocenters. The van der Waals surface area contributed by atoms with Gasteiger partial charge in [-0.2, -0.15) is 0 Å². The first kappa shape index (κ1) is 18.2. The van der Waals surface area contributed by atoms with Crippen LogP contribution in [0.3, 0.4) is 0 Å². The van der Waals surface area contributed by atoms with E-state index < -0.39 is 5.92 Å². The third-order valence-electron chi connectivity index (χ3n) is 4.30. The molecule has 1 N–H and O–H groups in total. The van der Waals surface area contributed by atoms with E-state index in [-0.39, 0.29) is 11.5 Å². The van der Waals surface area contributed by atoms with Crippen molar-refractivity contribution in [2.45, 2.75) is 12.8 Å². The molecular weight excluding hydrogens is 380 g/mol. The summed E-state index contributed by atoms with van der Waals surface area (Å²) in [6.45, 7) is 0.867. The van der Waals surface area contributed by atoms with Crippen LogP contribution in [-0.4, -0.2) is 15.9 Å². The lowest BCUT2D eigenvalue weighted by molar-refractivity contribution is 0.0175. The van der Waals surface area contributed by atoms with Crippen LogP contribution >= 0.6 is 11.3 Å². The van der Waals surface area contributed by atoms with Gasteiger partial charge >= 0.3 is 0 Å². The molecule has 2 aromatic heterocycles. The number of halogens is 2. The first-order chi connectivity index (χ1) is 13.4. The fraction of sp³-hybridized carbons (Fsp3) is 0.0952. The number of carbonyl (C=O) groups is 1. The maximum absolute atomic E-state index is 13.7. The zero-order valence-corrected chi connectivity index (χ0v) is 15.6. The molecule has 140 valence electrons. The van der Waals surface area contributed by atoms with Crippen molar-refractivity contribution in [2.75, 3.05) is 5.32 Å². The Morgan fingerprint density at radius 2 is 1.93 bits per heavy atom. The number of pyridine rings is 1. The number of nitrogens with zero attached hydrogens (tertiary/aromatic N) is 2. The van der Waals surface area contributed by atoms with Crippen LogP contribution in [0.1, 0.15) is 23.0 Å². The van der Waals surface area contributed by atoms with Crippen molar-refractivity contribution in [3.05, 3.63) is 76.7 Å². The number of nitrogens with one attached hydrogen (secondary N) is 1. The highest BCUT2D eigenvalue weighted by Gasteiger charge is 2.24. The first-order valence-electron chi connectivity index (χ1n) is 8.50. The molecule has 0 bridgehead atoms. The molecule has 0 unspecified atom stereocenters. The summed E-state index contributed by atoms with van der Waals surface area (Å²) in [5.74, 6) is -3.26. The molecule has 0 saturated heterocycles. The second-order valence-corrected chi connectivity index (χ2v) is 7.09. The quantitative estimate of drug-likeness (QED) is 0.481. The molecule has 1 amide bonds. The van der Waals surface area contributed by atoms with Crippen molar-refractivity contribution in [1.29, 1.82) is 0 Å². The van der Waals surface area contributed by atoms with Gasteiger partial charge in [-0.25, -0.2) is 18.7 Å². The molecule has 0 aliphatic heterocycles. The van der Waals surface area contributed by atoms with Gasteiger partial charge in [0, 0.05) is 28.8 Å². The number of thiazole rings is 1. The van der Waals surface area contributed by atoms with E-state index in [4.69, 9.17) is 0 Å². The molecule has 0 saturated carbocycles. The minimum absolute atomic E-state index is 0.0722. The Kier molecular flexibility index (Phi) is 4.60. The zero-order valence-electron chi connectivity index (χ0n) is 14.8. The number of para-hydroxylation sites is 1. The highest BCUT2D eigenvalue weighted by molar-refractivity contribution is 7.07. The number of hydrogen-bond donors (Lipinski definition) is 1. The predicted molar refractivity (Wildman–Crippen MR) is 107 cm³/mol. The van der Waals surface area contributed by atoms with Gasteiger partial charge in [0.2, 0.25) is 0 Å². The van der Waals surface area contributed by atoms with E-state index in [9.17, 15) is 13.6 Å². The summed E-state index contributed by atoms with van der Waals surface area (Å²) in [5.41, 5.74) is 4.10. The highest BCUT2D eigenvalue weighted by Crippen LogP contribution is 2.31. The van der Waals surface area contributed by atoms with Crippen molar-refractivity contribution in [1.82, 2.24) is 9.97 Å². The van der Waals surface area contributed by atoms with Crippen LogP contribution in [0, 0.1) is 0 Å². The summed E-state index contributed by atoms with van der Waals surface area (Å²) in [7, 11) is 0. The van der Waals surface area contributed by atoms with Gasteiger partial charge in [0.05, 0.1) is 22.4 Å². The van der Waals surface area contributed by atoms with Crippen LogP contribution in [0.25, 0.3) is 22.2 Å². The average Bonchev–Trinajstić information content (AvgIpc) is 3.22. The lowest BCUT2D eigenvalue weighted by Crippen LogP contribution is -2.12. The summed E-state index contributed by atoms with van der Waals surface area (Å²) >= 11 is 1.34. The van der Waals surface area contributed by atoms with Gasteiger partial charge in [-0.3, -0.25) is 4.79 Å². The molecule has 4 rings (SSSR count). The van der Waals surface area contributed by atoms with Crippen LogP contribution in [0.5, 0.6) is 0 Å². The van der Waals surface area contributed by atoms with Crippen LogP contribution < -0.4 is 5.32 Å². The fourth-order valence-corrected chi connectivity index (χ4v) is 3.40. The standard InChI is InChI=1S/C21H15F2N3OS/c1-21(22,23)15-6-2-5-14(10-15)16-9-8-13-4-3-7-17(19(13)25-16)26-20(27)18-11-28-12-24-18/h2-12H,1H3,(H,26,27). The van der Waals surface area contributed by atoms with E-state index in [2.05, 4.69) is 15.3 Å². The number of alkyl halides is 2. The smallest absolute Gasteiger partial charge is 0.275 e. The molecule has 2 heterocycles. The number of fused-ring (bicyclic) bond motifs is 1. The Morgan fingerprint density at radius 3 is 2.68 bits per heavy atom. The van der Waals surface area contributed by atoms with E-state index in [1.165, 1.54) is 23.5 Å². The molecule has 0 aliphatic carbocycles. The number of hydrogen-bond acceptors (Lipinski definition) is 4. The molecule has 28 heavy (non-hydrogen) atoms. The topological polar surface area (TPSA) is 54.9 Å². The Bertz CT molecular complexity index is 1150. The third-order valence-corrected chi connectivity index (χ3v) is 4.89. The van der Waals surface area contributed by atoms with Crippen molar-refractivity contribution in [3.63, 3.8) is 0 Å². The number of rotatable bonds is 4. The van der Waals surface area contributed by atoms with E-state index in [0.29, 0.717) is 28.2 Å². The van der Waals surface area contributed by atoms with Gasteiger partial charge in [0.1, 0.15) is 5.69 Å². The number of anilines is 1. The van der Waals surface area contributed by atoms with Crippen molar-refractivity contribution in [2.24, 2.45) is 0 Å². The van der Waals surface area contributed by atoms with Crippen molar-refractivity contribution >= 4 is 33.8 Å². The normalized spacial score (nSPS) is 11.5. The minimum Gasteiger partial charge on any atom is -0.319 e. The highest BCUT2D eigenvalue weighted by atomic mass is 32.1. The molecule has 4 aromatic rings. The maximum atomic E-state index is 13.7. The summed E-state index contributed by atoms with van der Waals surface area (Å²) in [6, 6.07) is 15.2. The number of amides is 1. The van der Waals surface area contributed by atoms with Crippen LogP contribution in [0.15, 0.2) is 65.5 Å². The monoisotopic (exact) mass is 395 g/mol. The van der Waals surface area contributed by atoms with E-state index in [1.54, 1.807) is 35.2 Å². The van der Waals surface area contributed by atoms with Gasteiger partial charge in [-0.05, 0) is 18.2 Å². The van der Waals surface area contributed by atoms with Crippen molar-refractivity contribution < 1.29 is 13.6 Å². The lowest BCUT2D eigenvalue weighted by atomic mass is 10.0. The summed E-state index contributed by atoms with van der Waals surface area (Å²) in [5, 5.41) is 5.32. The summed E-state index contributed by atoms with van der Waals surface area (Å²) in [6.07, 6.45) is 0. The van der Waals surface area contributed by atoms with Gasteiger partial charge in [0.15, 0.2) is 0 Å². The Labute approximate surface area is 163 Å². The molecule has 7 heteroatoms. The Balaban J connectivity index is 1.75. The zero-order chi connectivity index (χ0) is 19.7.